The van der Waals surface area contributed by atoms with Crippen molar-refractivity contribution in [1.29, 1.82) is 0 Å². The van der Waals surface area contributed by atoms with Crippen molar-refractivity contribution >= 4 is 15.9 Å². The molecule has 2 aromatic rings. The molecule has 0 aliphatic carbocycles. The number of halogens is 4. The fourth-order valence-corrected chi connectivity index (χ4v) is 1.40. The molecule has 1 aromatic heterocycles. The Labute approximate surface area is 96.4 Å². The molecule has 7 heteroatoms. The number of rotatable bonds is 1. The van der Waals surface area contributed by atoms with Crippen molar-refractivity contribution in [3.8, 4) is 11.4 Å². The van der Waals surface area contributed by atoms with Gasteiger partial charge in [0.2, 0.25) is 5.82 Å². The van der Waals surface area contributed by atoms with E-state index in [-0.39, 0.29) is 16.2 Å². The highest BCUT2D eigenvalue weighted by Gasteiger charge is 2.30. The number of nitrogens with zero attached hydrogens (tertiary/aromatic N) is 2. The van der Waals surface area contributed by atoms with Gasteiger partial charge in [-0.25, -0.2) is 0 Å². The van der Waals surface area contributed by atoms with Crippen molar-refractivity contribution in [2.24, 2.45) is 0 Å². The molecule has 0 atom stereocenters. The molecular weight excluding hydrogens is 289 g/mol. The van der Waals surface area contributed by atoms with E-state index >= 15 is 0 Å². The smallest absolute Gasteiger partial charge is 0.326 e. The Balaban J connectivity index is 2.44. The van der Waals surface area contributed by atoms with E-state index in [0.717, 1.165) is 12.1 Å². The SMILES string of the molecule is FC(F)(F)c1cccc(-c2noc(Br)n2)c1. The van der Waals surface area contributed by atoms with Gasteiger partial charge in [0.15, 0.2) is 0 Å². The van der Waals surface area contributed by atoms with E-state index in [1.54, 1.807) is 0 Å². The third-order valence-electron chi connectivity index (χ3n) is 1.85. The molecule has 0 bridgehead atoms. The summed E-state index contributed by atoms with van der Waals surface area (Å²) in [7, 11) is 0. The minimum atomic E-state index is -4.38. The van der Waals surface area contributed by atoms with Crippen LogP contribution < -0.4 is 0 Å². The molecule has 0 saturated carbocycles. The molecule has 2 rings (SSSR count). The Kier molecular flexibility index (Phi) is 2.71. The molecule has 0 N–H and O–H groups in total. The van der Waals surface area contributed by atoms with Crippen molar-refractivity contribution < 1.29 is 17.7 Å². The molecule has 0 unspecified atom stereocenters. The molecule has 0 saturated heterocycles. The van der Waals surface area contributed by atoms with Crippen LogP contribution in [0, 0.1) is 0 Å². The van der Waals surface area contributed by atoms with Crippen molar-refractivity contribution in [2.75, 3.05) is 0 Å². The monoisotopic (exact) mass is 292 g/mol. The van der Waals surface area contributed by atoms with Gasteiger partial charge in [0, 0.05) is 21.5 Å². The number of alkyl halides is 3. The summed E-state index contributed by atoms with van der Waals surface area (Å²) in [5.74, 6) is 0.109. The van der Waals surface area contributed by atoms with Crippen LogP contribution in [-0.4, -0.2) is 10.1 Å². The van der Waals surface area contributed by atoms with E-state index in [4.69, 9.17) is 0 Å². The normalized spacial score (nSPS) is 11.8. The van der Waals surface area contributed by atoms with Gasteiger partial charge in [0.05, 0.1) is 5.56 Å². The summed E-state index contributed by atoms with van der Waals surface area (Å²) in [4.78, 5) is 3.90. The zero-order chi connectivity index (χ0) is 11.8. The maximum atomic E-state index is 12.4. The highest BCUT2D eigenvalue weighted by molar-refractivity contribution is 9.10. The second-order valence-electron chi connectivity index (χ2n) is 2.95. The average Bonchev–Trinajstić information content (AvgIpc) is 2.64. The largest absolute Gasteiger partial charge is 0.416 e. The van der Waals surface area contributed by atoms with E-state index in [1.807, 2.05) is 0 Å². The van der Waals surface area contributed by atoms with Crippen LogP contribution in [0.4, 0.5) is 13.2 Å². The summed E-state index contributed by atoms with van der Waals surface area (Å²) in [6.07, 6.45) is -4.38. The summed E-state index contributed by atoms with van der Waals surface area (Å²) in [6.45, 7) is 0. The third kappa shape index (κ3) is 2.24. The predicted octanol–water partition coefficient (Wildman–Crippen LogP) is 3.52. The second kappa shape index (κ2) is 3.89. The average molecular weight is 293 g/mol. The van der Waals surface area contributed by atoms with Crippen LogP contribution in [0.15, 0.2) is 33.6 Å². The number of benzene rings is 1. The molecule has 0 spiro atoms. The van der Waals surface area contributed by atoms with Crippen LogP contribution in [-0.2, 0) is 6.18 Å². The quantitative estimate of drug-likeness (QED) is 0.807. The van der Waals surface area contributed by atoms with Gasteiger partial charge in [-0.05, 0) is 12.1 Å². The maximum absolute atomic E-state index is 12.4. The minimum absolute atomic E-state index is 0.109. The van der Waals surface area contributed by atoms with Gasteiger partial charge in [-0.3, -0.25) is 0 Å². The van der Waals surface area contributed by atoms with Crippen LogP contribution in [0.3, 0.4) is 0 Å². The van der Waals surface area contributed by atoms with Crippen LogP contribution >= 0.6 is 15.9 Å². The zero-order valence-corrected chi connectivity index (χ0v) is 9.21. The van der Waals surface area contributed by atoms with Crippen molar-refractivity contribution in [3.63, 3.8) is 0 Å². The number of hydrogen-bond acceptors (Lipinski definition) is 3. The van der Waals surface area contributed by atoms with Gasteiger partial charge >= 0.3 is 6.18 Å². The first kappa shape index (κ1) is 11.1. The standard InChI is InChI=1S/C9H4BrF3N2O/c10-8-14-7(15-16-8)5-2-1-3-6(4-5)9(11,12)13/h1-4H. The van der Waals surface area contributed by atoms with E-state index in [9.17, 15) is 13.2 Å². The van der Waals surface area contributed by atoms with Crippen LogP contribution in [0.2, 0.25) is 0 Å². The topological polar surface area (TPSA) is 38.9 Å². The molecular formula is C9H4BrF3N2O. The summed E-state index contributed by atoms with van der Waals surface area (Å²) in [5, 5.41) is 3.51. The summed E-state index contributed by atoms with van der Waals surface area (Å²) < 4.78 is 41.9. The zero-order valence-electron chi connectivity index (χ0n) is 7.62. The molecule has 84 valence electrons. The van der Waals surface area contributed by atoms with Crippen molar-refractivity contribution in [3.05, 3.63) is 34.6 Å². The molecule has 0 aliphatic rings. The fraction of sp³-hybridized carbons (Fsp3) is 0.111. The molecule has 0 aliphatic heterocycles. The van der Waals surface area contributed by atoms with Gasteiger partial charge in [-0.1, -0.05) is 17.3 Å². The second-order valence-corrected chi connectivity index (χ2v) is 3.63. The fourth-order valence-electron chi connectivity index (χ4n) is 1.16. The van der Waals surface area contributed by atoms with Crippen molar-refractivity contribution in [1.82, 2.24) is 10.1 Å². The van der Waals surface area contributed by atoms with E-state index in [0.29, 0.717) is 0 Å². The van der Waals surface area contributed by atoms with Gasteiger partial charge < -0.3 is 4.52 Å². The lowest BCUT2D eigenvalue weighted by atomic mass is 10.1. The Hall–Kier alpha value is -1.37. The maximum Gasteiger partial charge on any atom is 0.416 e. The summed E-state index contributed by atoms with van der Waals surface area (Å²) in [6, 6.07) is 4.73. The van der Waals surface area contributed by atoms with Gasteiger partial charge in [-0.15, -0.1) is 0 Å². The minimum Gasteiger partial charge on any atom is -0.326 e. The lowest BCUT2D eigenvalue weighted by Crippen LogP contribution is -2.04. The summed E-state index contributed by atoms with van der Waals surface area (Å²) in [5.41, 5.74) is -0.491. The molecule has 0 fully saturated rings. The highest BCUT2D eigenvalue weighted by atomic mass is 79.9. The van der Waals surface area contributed by atoms with Gasteiger partial charge in [0.1, 0.15) is 0 Å². The van der Waals surface area contributed by atoms with Crippen molar-refractivity contribution in [2.45, 2.75) is 6.18 Å². The summed E-state index contributed by atoms with van der Waals surface area (Å²) >= 11 is 2.92. The predicted molar refractivity (Wildman–Crippen MR) is 52.4 cm³/mol. The molecule has 3 nitrogen and oxygen atoms in total. The molecule has 0 radical (unpaired) electrons. The first-order valence-corrected chi connectivity index (χ1v) is 4.93. The highest BCUT2D eigenvalue weighted by Crippen LogP contribution is 2.31. The molecule has 16 heavy (non-hydrogen) atoms. The van der Waals surface area contributed by atoms with E-state index < -0.39 is 11.7 Å². The van der Waals surface area contributed by atoms with Crippen LogP contribution in [0.25, 0.3) is 11.4 Å². The molecule has 0 amide bonds. The Bertz CT molecular complexity index is 509. The van der Waals surface area contributed by atoms with E-state index in [2.05, 4.69) is 30.6 Å². The van der Waals surface area contributed by atoms with Gasteiger partial charge in [0.25, 0.3) is 4.80 Å². The van der Waals surface area contributed by atoms with Crippen LogP contribution in [0.5, 0.6) is 0 Å². The third-order valence-corrected chi connectivity index (χ3v) is 2.17. The van der Waals surface area contributed by atoms with Gasteiger partial charge in [-0.2, -0.15) is 18.2 Å². The Morgan fingerprint density at radius 3 is 2.56 bits per heavy atom. The van der Waals surface area contributed by atoms with Crippen LogP contribution in [0.1, 0.15) is 5.56 Å². The Morgan fingerprint density at radius 2 is 2.00 bits per heavy atom. The van der Waals surface area contributed by atoms with E-state index in [1.165, 1.54) is 12.1 Å². The number of hydrogen-bond donors (Lipinski definition) is 0. The lowest BCUT2D eigenvalue weighted by molar-refractivity contribution is -0.137. The first-order valence-electron chi connectivity index (χ1n) is 4.13. The molecule has 1 aromatic carbocycles. The Morgan fingerprint density at radius 1 is 1.25 bits per heavy atom. The lowest BCUT2D eigenvalue weighted by Gasteiger charge is -2.06. The first-order chi connectivity index (χ1) is 7.47. The molecule has 1 heterocycles. The number of aromatic nitrogens is 2.